The fourth-order valence-corrected chi connectivity index (χ4v) is 3.04. The second kappa shape index (κ2) is 6.78. The number of rotatable bonds is 5. The molecule has 1 N–H and O–H groups in total. The molecule has 0 unspecified atom stereocenters. The van der Waals surface area contributed by atoms with E-state index in [0.717, 1.165) is 11.4 Å². The number of benzene rings is 1. The van der Waals surface area contributed by atoms with Crippen molar-refractivity contribution in [2.45, 2.75) is 46.1 Å². The molecule has 0 radical (unpaired) electrons. The van der Waals surface area contributed by atoms with Gasteiger partial charge in [-0.3, -0.25) is 0 Å². The van der Waals surface area contributed by atoms with E-state index in [2.05, 4.69) is 57.3 Å². The van der Waals surface area contributed by atoms with Gasteiger partial charge in [0.15, 0.2) is 0 Å². The van der Waals surface area contributed by atoms with Crippen molar-refractivity contribution in [3.63, 3.8) is 0 Å². The van der Waals surface area contributed by atoms with Crippen molar-refractivity contribution in [1.82, 2.24) is 0 Å². The zero-order chi connectivity index (χ0) is 15.4. The summed E-state index contributed by atoms with van der Waals surface area (Å²) in [7, 11) is 0. The molecule has 1 heterocycles. The highest BCUT2D eigenvalue weighted by Gasteiger charge is 2.10. The third kappa shape index (κ3) is 3.86. The monoisotopic (exact) mass is 298 g/mol. The lowest BCUT2D eigenvalue weighted by atomic mass is 9.94. The molecule has 0 saturated carbocycles. The fourth-order valence-electron chi connectivity index (χ4n) is 2.29. The van der Waals surface area contributed by atoms with Crippen LogP contribution in [0.3, 0.4) is 0 Å². The lowest BCUT2D eigenvalue weighted by Gasteiger charge is -2.17. The number of anilines is 1. The van der Waals surface area contributed by atoms with Gasteiger partial charge in [-0.25, -0.2) is 0 Å². The molecular formula is C18H22N2S. The summed E-state index contributed by atoms with van der Waals surface area (Å²) in [5.41, 5.74) is 3.94. The highest BCUT2D eigenvalue weighted by atomic mass is 32.1. The molecule has 2 aromatic rings. The molecule has 0 aliphatic carbocycles. The lowest BCUT2D eigenvalue weighted by Crippen LogP contribution is -2.03. The van der Waals surface area contributed by atoms with Gasteiger partial charge in [-0.15, -0.1) is 11.3 Å². The van der Waals surface area contributed by atoms with Gasteiger partial charge in [0.2, 0.25) is 0 Å². The van der Waals surface area contributed by atoms with Crippen LogP contribution in [0.4, 0.5) is 5.69 Å². The van der Waals surface area contributed by atoms with E-state index in [1.165, 1.54) is 21.7 Å². The molecule has 0 spiro atoms. The smallest absolute Gasteiger partial charge is 0.110 e. The minimum absolute atomic E-state index is 0.490. The molecule has 1 aromatic heterocycles. The third-order valence-electron chi connectivity index (χ3n) is 3.59. The SMILES string of the molecule is CC(C)c1ccc(NCc2ccc(C#N)s2)c(C(C)C)c1. The zero-order valence-electron chi connectivity index (χ0n) is 13.1. The van der Waals surface area contributed by atoms with E-state index in [-0.39, 0.29) is 0 Å². The lowest BCUT2D eigenvalue weighted by molar-refractivity contribution is 0.833. The average molecular weight is 298 g/mol. The molecule has 1 aromatic carbocycles. The second-order valence-corrected chi connectivity index (χ2v) is 7.06. The minimum Gasteiger partial charge on any atom is -0.380 e. The van der Waals surface area contributed by atoms with Crippen molar-refractivity contribution in [1.29, 1.82) is 5.26 Å². The van der Waals surface area contributed by atoms with E-state index in [0.29, 0.717) is 11.8 Å². The number of hydrogen-bond donors (Lipinski definition) is 1. The van der Waals surface area contributed by atoms with Gasteiger partial charge in [0, 0.05) is 17.1 Å². The van der Waals surface area contributed by atoms with Crippen LogP contribution in [-0.4, -0.2) is 0 Å². The summed E-state index contributed by atoms with van der Waals surface area (Å²) < 4.78 is 0. The van der Waals surface area contributed by atoms with Crippen LogP contribution < -0.4 is 5.32 Å². The van der Waals surface area contributed by atoms with E-state index in [4.69, 9.17) is 5.26 Å². The number of hydrogen-bond acceptors (Lipinski definition) is 3. The van der Waals surface area contributed by atoms with Crippen LogP contribution in [-0.2, 0) is 6.54 Å². The quantitative estimate of drug-likeness (QED) is 0.793. The predicted octanol–water partition coefficient (Wildman–Crippen LogP) is 5.48. The molecule has 2 rings (SSSR count). The standard InChI is InChI=1S/C18H22N2S/c1-12(2)14-5-8-18(17(9-14)13(3)4)20-11-16-7-6-15(10-19)21-16/h5-9,12-13,20H,11H2,1-4H3. The first-order valence-corrected chi connectivity index (χ1v) is 8.19. The Hall–Kier alpha value is -1.79. The normalized spacial score (nSPS) is 10.9. The summed E-state index contributed by atoms with van der Waals surface area (Å²) in [6.07, 6.45) is 0. The molecule has 110 valence electrons. The van der Waals surface area contributed by atoms with Crippen LogP contribution >= 0.6 is 11.3 Å². The van der Waals surface area contributed by atoms with Gasteiger partial charge in [0.05, 0.1) is 0 Å². The van der Waals surface area contributed by atoms with Crippen molar-refractivity contribution in [2.24, 2.45) is 0 Å². The first kappa shape index (κ1) is 15.6. The van der Waals surface area contributed by atoms with Gasteiger partial charge in [-0.2, -0.15) is 5.26 Å². The fraction of sp³-hybridized carbons (Fsp3) is 0.389. The summed E-state index contributed by atoms with van der Waals surface area (Å²) in [5, 5.41) is 12.4. The Morgan fingerprint density at radius 2 is 1.86 bits per heavy atom. The molecule has 0 bridgehead atoms. The topological polar surface area (TPSA) is 35.8 Å². The van der Waals surface area contributed by atoms with Crippen LogP contribution in [0.1, 0.15) is 60.4 Å². The molecule has 2 nitrogen and oxygen atoms in total. The molecule has 3 heteroatoms. The summed E-state index contributed by atoms with van der Waals surface area (Å²) in [6.45, 7) is 9.67. The first-order chi connectivity index (χ1) is 10.0. The largest absolute Gasteiger partial charge is 0.380 e. The number of nitrogens with zero attached hydrogens (tertiary/aromatic N) is 1. The Bertz CT molecular complexity index is 647. The summed E-state index contributed by atoms with van der Waals surface area (Å²) >= 11 is 1.55. The highest BCUT2D eigenvalue weighted by Crippen LogP contribution is 2.29. The van der Waals surface area contributed by atoms with Crippen molar-refractivity contribution < 1.29 is 0 Å². The van der Waals surface area contributed by atoms with Crippen molar-refractivity contribution >= 4 is 17.0 Å². The Morgan fingerprint density at radius 1 is 1.10 bits per heavy atom. The van der Waals surface area contributed by atoms with Crippen LogP contribution in [0, 0.1) is 11.3 Å². The first-order valence-electron chi connectivity index (χ1n) is 7.37. The summed E-state index contributed by atoms with van der Waals surface area (Å²) in [4.78, 5) is 1.96. The van der Waals surface area contributed by atoms with E-state index in [1.807, 2.05) is 12.1 Å². The van der Waals surface area contributed by atoms with Gasteiger partial charge in [0.1, 0.15) is 10.9 Å². The van der Waals surface area contributed by atoms with Crippen LogP contribution in [0.2, 0.25) is 0 Å². The van der Waals surface area contributed by atoms with E-state index >= 15 is 0 Å². The Labute approximate surface area is 131 Å². The highest BCUT2D eigenvalue weighted by molar-refractivity contribution is 7.12. The molecule has 0 amide bonds. The predicted molar refractivity (Wildman–Crippen MR) is 91.0 cm³/mol. The van der Waals surface area contributed by atoms with Crippen molar-refractivity contribution in [3.05, 3.63) is 51.2 Å². The Kier molecular flexibility index (Phi) is 5.03. The maximum atomic E-state index is 8.88. The molecule has 0 fully saturated rings. The Morgan fingerprint density at radius 3 is 2.43 bits per heavy atom. The summed E-state index contributed by atoms with van der Waals surface area (Å²) in [5.74, 6) is 1.04. The average Bonchev–Trinajstić information content (AvgIpc) is 2.92. The second-order valence-electron chi connectivity index (χ2n) is 5.89. The Balaban J connectivity index is 2.17. The van der Waals surface area contributed by atoms with E-state index in [9.17, 15) is 0 Å². The maximum Gasteiger partial charge on any atom is 0.110 e. The van der Waals surface area contributed by atoms with E-state index < -0.39 is 0 Å². The number of thiophene rings is 1. The minimum atomic E-state index is 0.490. The van der Waals surface area contributed by atoms with Crippen LogP contribution in [0.5, 0.6) is 0 Å². The number of nitriles is 1. The number of nitrogens with one attached hydrogen (secondary N) is 1. The zero-order valence-corrected chi connectivity index (χ0v) is 13.9. The van der Waals surface area contributed by atoms with E-state index in [1.54, 1.807) is 11.3 Å². The molecule has 0 atom stereocenters. The van der Waals surface area contributed by atoms with Crippen LogP contribution in [0.15, 0.2) is 30.3 Å². The van der Waals surface area contributed by atoms with Gasteiger partial charge in [-0.1, -0.05) is 39.8 Å². The molecule has 0 saturated heterocycles. The molecule has 0 aliphatic rings. The van der Waals surface area contributed by atoms with Crippen LogP contribution in [0.25, 0.3) is 0 Å². The molecular weight excluding hydrogens is 276 g/mol. The van der Waals surface area contributed by atoms with Crippen molar-refractivity contribution in [2.75, 3.05) is 5.32 Å². The molecule has 0 aliphatic heterocycles. The van der Waals surface area contributed by atoms with Crippen molar-refractivity contribution in [3.8, 4) is 6.07 Å². The van der Waals surface area contributed by atoms with Gasteiger partial charge < -0.3 is 5.32 Å². The van der Waals surface area contributed by atoms with Gasteiger partial charge in [-0.05, 0) is 41.2 Å². The maximum absolute atomic E-state index is 8.88. The van der Waals surface area contributed by atoms with Gasteiger partial charge in [0.25, 0.3) is 0 Å². The third-order valence-corrected chi connectivity index (χ3v) is 4.58. The van der Waals surface area contributed by atoms with Gasteiger partial charge >= 0.3 is 0 Å². The summed E-state index contributed by atoms with van der Waals surface area (Å²) in [6, 6.07) is 12.8. The molecule has 21 heavy (non-hydrogen) atoms.